The van der Waals surface area contributed by atoms with Crippen molar-refractivity contribution in [1.29, 1.82) is 0 Å². The lowest BCUT2D eigenvalue weighted by molar-refractivity contribution is -0.00186. The lowest BCUT2D eigenvalue weighted by atomic mass is 10.2. The van der Waals surface area contributed by atoms with Gasteiger partial charge in [0.1, 0.15) is 6.10 Å². The predicted molar refractivity (Wildman–Crippen MR) is 48.0 cm³/mol. The Labute approximate surface area is 76.9 Å². The van der Waals surface area contributed by atoms with E-state index >= 15 is 0 Å². The molecule has 1 heterocycles. The fraction of sp³-hybridized carbons (Fsp3) is 0.400. The minimum atomic E-state index is -0.255. The Kier molecular flexibility index (Phi) is 2.10. The standard InChI is InChI=1S/C10H12O3/c1-7-10(6-11)13-9-5-3-2-4-8(9)12-7/h2-5,7,10-11H,6H2,1H3. The molecule has 1 aliphatic heterocycles. The molecule has 1 aliphatic rings. The van der Waals surface area contributed by atoms with Gasteiger partial charge >= 0.3 is 0 Å². The van der Waals surface area contributed by atoms with E-state index in [1.165, 1.54) is 0 Å². The molecule has 13 heavy (non-hydrogen) atoms. The molecule has 1 aromatic rings. The van der Waals surface area contributed by atoms with Crippen LogP contribution in [0.15, 0.2) is 24.3 Å². The van der Waals surface area contributed by atoms with Gasteiger partial charge in [0.25, 0.3) is 0 Å². The highest BCUT2D eigenvalue weighted by Crippen LogP contribution is 2.33. The summed E-state index contributed by atoms with van der Waals surface area (Å²) in [5.41, 5.74) is 0. The first-order chi connectivity index (χ1) is 6.31. The monoisotopic (exact) mass is 180 g/mol. The van der Waals surface area contributed by atoms with Gasteiger partial charge in [0.15, 0.2) is 17.6 Å². The second-order valence-corrected chi connectivity index (χ2v) is 3.11. The molecule has 0 aliphatic carbocycles. The summed E-state index contributed by atoms with van der Waals surface area (Å²) in [4.78, 5) is 0. The number of rotatable bonds is 1. The number of fused-ring (bicyclic) bond motifs is 1. The van der Waals surface area contributed by atoms with Crippen molar-refractivity contribution in [2.24, 2.45) is 0 Å². The lowest BCUT2D eigenvalue weighted by Gasteiger charge is -2.30. The van der Waals surface area contributed by atoms with E-state index in [1.54, 1.807) is 0 Å². The normalized spacial score (nSPS) is 25.7. The molecule has 70 valence electrons. The number of ether oxygens (including phenoxy) is 2. The summed E-state index contributed by atoms with van der Waals surface area (Å²) in [7, 11) is 0. The highest BCUT2D eigenvalue weighted by Gasteiger charge is 2.26. The van der Waals surface area contributed by atoms with Crippen LogP contribution < -0.4 is 9.47 Å². The van der Waals surface area contributed by atoms with Crippen molar-refractivity contribution in [2.75, 3.05) is 6.61 Å². The molecule has 0 radical (unpaired) electrons. The molecule has 2 atom stereocenters. The second-order valence-electron chi connectivity index (χ2n) is 3.11. The van der Waals surface area contributed by atoms with Gasteiger partial charge in [-0.15, -0.1) is 0 Å². The van der Waals surface area contributed by atoms with Crippen LogP contribution in [-0.4, -0.2) is 23.9 Å². The quantitative estimate of drug-likeness (QED) is 0.706. The zero-order valence-corrected chi connectivity index (χ0v) is 7.43. The lowest BCUT2D eigenvalue weighted by Crippen LogP contribution is -2.40. The van der Waals surface area contributed by atoms with Gasteiger partial charge in [-0.2, -0.15) is 0 Å². The Morgan fingerprint density at radius 3 is 2.46 bits per heavy atom. The summed E-state index contributed by atoms with van der Waals surface area (Å²) in [6.07, 6.45) is -0.352. The van der Waals surface area contributed by atoms with E-state index in [1.807, 2.05) is 31.2 Å². The van der Waals surface area contributed by atoms with Crippen LogP contribution in [0.25, 0.3) is 0 Å². The summed E-state index contributed by atoms with van der Waals surface area (Å²) in [6, 6.07) is 7.48. The second kappa shape index (κ2) is 3.26. The van der Waals surface area contributed by atoms with Crippen LogP contribution in [-0.2, 0) is 0 Å². The average molecular weight is 180 g/mol. The molecule has 0 bridgehead atoms. The van der Waals surface area contributed by atoms with E-state index in [0.29, 0.717) is 5.75 Å². The molecule has 0 amide bonds. The molecule has 2 unspecified atom stereocenters. The van der Waals surface area contributed by atoms with Crippen molar-refractivity contribution in [3.05, 3.63) is 24.3 Å². The maximum atomic E-state index is 8.98. The first-order valence-corrected chi connectivity index (χ1v) is 4.34. The van der Waals surface area contributed by atoms with E-state index in [-0.39, 0.29) is 18.8 Å². The van der Waals surface area contributed by atoms with Gasteiger partial charge in [-0.1, -0.05) is 12.1 Å². The molecule has 0 spiro atoms. The van der Waals surface area contributed by atoms with Crippen LogP contribution in [0.4, 0.5) is 0 Å². The van der Waals surface area contributed by atoms with Gasteiger partial charge in [0.2, 0.25) is 0 Å². The fourth-order valence-electron chi connectivity index (χ4n) is 1.37. The van der Waals surface area contributed by atoms with Gasteiger partial charge in [-0.3, -0.25) is 0 Å². The number of hydrogen-bond donors (Lipinski definition) is 1. The minimum Gasteiger partial charge on any atom is -0.483 e. The molecule has 3 heteroatoms. The van der Waals surface area contributed by atoms with Crippen molar-refractivity contribution in [3.8, 4) is 11.5 Å². The highest BCUT2D eigenvalue weighted by atomic mass is 16.6. The number of hydrogen-bond acceptors (Lipinski definition) is 3. The van der Waals surface area contributed by atoms with Crippen LogP contribution in [0.5, 0.6) is 11.5 Å². The topological polar surface area (TPSA) is 38.7 Å². The van der Waals surface area contributed by atoms with Gasteiger partial charge in [-0.25, -0.2) is 0 Å². The summed E-state index contributed by atoms with van der Waals surface area (Å²) in [6.45, 7) is 1.87. The molecule has 0 fully saturated rings. The fourth-order valence-corrected chi connectivity index (χ4v) is 1.37. The van der Waals surface area contributed by atoms with Crippen LogP contribution >= 0.6 is 0 Å². The summed E-state index contributed by atoms with van der Waals surface area (Å²) < 4.78 is 11.1. The Hall–Kier alpha value is -1.22. The molecule has 2 rings (SSSR count). The Morgan fingerprint density at radius 1 is 1.23 bits per heavy atom. The van der Waals surface area contributed by atoms with Crippen LogP contribution in [0.1, 0.15) is 6.92 Å². The van der Waals surface area contributed by atoms with Crippen LogP contribution in [0.3, 0.4) is 0 Å². The summed E-state index contributed by atoms with van der Waals surface area (Å²) >= 11 is 0. The third kappa shape index (κ3) is 1.47. The number of para-hydroxylation sites is 2. The largest absolute Gasteiger partial charge is 0.483 e. The molecule has 3 nitrogen and oxygen atoms in total. The minimum absolute atomic E-state index is 0.0184. The number of aliphatic hydroxyl groups is 1. The summed E-state index contributed by atoms with van der Waals surface area (Å²) in [5, 5.41) is 8.98. The van der Waals surface area contributed by atoms with Crippen molar-refractivity contribution < 1.29 is 14.6 Å². The first kappa shape index (κ1) is 8.38. The van der Waals surface area contributed by atoms with Crippen molar-refractivity contribution >= 4 is 0 Å². The molecule has 0 aromatic heterocycles. The average Bonchev–Trinajstić information content (AvgIpc) is 2.17. The van der Waals surface area contributed by atoms with Crippen molar-refractivity contribution in [1.82, 2.24) is 0 Å². The molecule has 0 saturated carbocycles. The predicted octanol–water partition coefficient (Wildman–Crippen LogP) is 1.21. The van der Waals surface area contributed by atoms with Gasteiger partial charge < -0.3 is 14.6 Å². The van der Waals surface area contributed by atoms with Gasteiger partial charge in [-0.05, 0) is 19.1 Å². The molecule has 1 aromatic carbocycles. The highest BCUT2D eigenvalue weighted by molar-refractivity contribution is 5.41. The Balaban J connectivity index is 2.27. The molecule has 0 saturated heterocycles. The zero-order valence-electron chi connectivity index (χ0n) is 7.43. The molecule has 1 N–H and O–H groups in total. The van der Waals surface area contributed by atoms with Crippen molar-refractivity contribution in [3.63, 3.8) is 0 Å². The third-order valence-electron chi connectivity index (χ3n) is 2.14. The SMILES string of the molecule is CC1Oc2ccccc2OC1CO. The number of aliphatic hydroxyl groups excluding tert-OH is 1. The maximum absolute atomic E-state index is 8.98. The van der Waals surface area contributed by atoms with Crippen molar-refractivity contribution in [2.45, 2.75) is 19.1 Å². The first-order valence-electron chi connectivity index (χ1n) is 4.34. The van der Waals surface area contributed by atoms with Gasteiger partial charge in [0, 0.05) is 0 Å². The smallest absolute Gasteiger partial charge is 0.161 e. The zero-order chi connectivity index (χ0) is 9.26. The summed E-state index contributed by atoms with van der Waals surface area (Å²) in [5.74, 6) is 1.46. The Bertz CT molecular complexity index is 298. The Morgan fingerprint density at radius 2 is 1.85 bits per heavy atom. The van der Waals surface area contributed by atoms with Crippen LogP contribution in [0.2, 0.25) is 0 Å². The maximum Gasteiger partial charge on any atom is 0.161 e. The third-order valence-corrected chi connectivity index (χ3v) is 2.14. The van der Waals surface area contributed by atoms with E-state index in [9.17, 15) is 0 Å². The van der Waals surface area contributed by atoms with E-state index < -0.39 is 0 Å². The van der Waals surface area contributed by atoms with E-state index in [4.69, 9.17) is 14.6 Å². The van der Waals surface area contributed by atoms with Crippen LogP contribution in [0, 0.1) is 0 Å². The number of benzene rings is 1. The molecular formula is C10H12O3. The van der Waals surface area contributed by atoms with E-state index in [2.05, 4.69) is 0 Å². The van der Waals surface area contributed by atoms with E-state index in [0.717, 1.165) is 5.75 Å². The van der Waals surface area contributed by atoms with Gasteiger partial charge in [0.05, 0.1) is 6.61 Å². The molecular weight excluding hydrogens is 168 g/mol.